The molecule has 0 bridgehead atoms. The molecule has 0 spiro atoms. The van der Waals surface area contributed by atoms with Crippen molar-refractivity contribution in [3.63, 3.8) is 0 Å². The lowest BCUT2D eigenvalue weighted by Crippen LogP contribution is -2.46. The highest BCUT2D eigenvalue weighted by molar-refractivity contribution is 8.00. The van der Waals surface area contributed by atoms with Crippen LogP contribution in [0.4, 0.5) is 5.69 Å². The SMILES string of the molecule is COC(=O)[C@H]1CN(C(=O)COc2cccc([N+](=O)[O-])c2)CCS1. The normalized spacial score (nSPS) is 17.4. The van der Waals surface area contributed by atoms with Crippen LogP contribution in [-0.2, 0) is 14.3 Å². The van der Waals surface area contributed by atoms with E-state index in [1.807, 2.05) is 0 Å². The fraction of sp³-hybridized carbons (Fsp3) is 0.429. The summed E-state index contributed by atoms with van der Waals surface area (Å²) in [6, 6.07) is 5.64. The standard InChI is InChI=1S/C14H16N2O6S/c1-21-14(18)12-8-15(5-6-23-12)13(17)9-22-11-4-2-3-10(7-11)16(19)20/h2-4,7,12H,5-6,8-9H2,1H3/t12-/m1/s1. The Hall–Kier alpha value is -2.29. The van der Waals surface area contributed by atoms with Crippen molar-refractivity contribution in [3.05, 3.63) is 34.4 Å². The lowest BCUT2D eigenvalue weighted by molar-refractivity contribution is -0.384. The predicted molar refractivity (Wildman–Crippen MR) is 83.4 cm³/mol. The van der Waals surface area contributed by atoms with Gasteiger partial charge in [0, 0.05) is 24.9 Å². The molecule has 1 aromatic rings. The van der Waals surface area contributed by atoms with Crippen molar-refractivity contribution in [2.75, 3.05) is 32.6 Å². The van der Waals surface area contributed by atoms with Gasteiger partial charge < -0.3 is 14.4 Å². The predicted octanol–water partition coefficient (Wildman–Crippen LogP) is 1.09. The minimum Gasteiger partial charge on any atom is -0.484 e. The van der Waals surface area contributed by atoms with Crippen molar-refractivity contribution in [1.82, 2.24) is 4.90 Å². The van der Waals surface area contributed by atoms with E-state index in [0.717, 1.165) is 0 Å². The number of benzene rings is 1. The Balaban J connectivity index is 1.90. The van der Waals surface area contributed by atoms with Gasteiger partial charge in [-0.3, -0.25) is 19.7 Å². The lowest BCUT2D eigenvalue weighted by atomic mass is 10.3. The summed E-state index contributed by atoms with van der Waals surface area (Å²) in [6.07, 6.45) is 0. The Kier molecular flexibility index (Phi) is 5.80. The number of thioether (sulfide) groups is 1. The third kappa shape index (κ3) is 4.59. The molecule has 1 amide bonds. The molecule has 9 heteroatoms. The van der Waals surface area contributed by atoms with Gasteiger partial charge in [0.1, 0.15) is 11.0 Å². The largest absolute Gasteiger partial charge is 0.484 e. The molecule has 1 aromatic carbocycles. The van der Waals surface area contributed by atoms with Gasteiger partial charge in [0.25, 0.3) is 11.6 Å². The summed E-state index contributed by atoms with van der Waals surface area (Å²) in [5.41, 5.74) is -0.102. The van der Waals surface area contributed by atoms with Crippen LogP contribution >= 0.6 is 11.8 Å². The third-order valence-corrected chi connectivity index (χ3v) is 4.44. The van der Waals surface area contributed by atoms with Crippen molar-refractivity contribution < 1.29 is 24.0 Å². The Morgan fingerprint density at radius 1 is 1.48 bits per heavy atom. The molecule has 0 unspecified atom stereocenters. The van der Waals surface area contributed by atoms with Gasteiger partial charge in [-0.05, 0) is 6.07 Å². The molecule has 0 N–H and O–H groups in total. The summed E-state index contributed by atoms with van der Waals surface area (Å²) in [6.45, 7) is 0.559. The van der Waals surface area contributed by atoms with Crippen molar-refractivity contribution in [1.29, 1.82) is 0 Å². The van der Waals surface area contributed by atoms with E-state index in [4.69, 9.17) is 4.74 Å². The number of nitro groups is 1. The van der Waals surface area contributed by atoms with Gasteiger partial charge >= 0.3 is 5.97 Å². The van der Waals surface area contributed by atoms with E-state index in [0.29, 0.717) is 12.3 Å². The molecular weight excluding hydrogens is 324 g/mol. The number of ether oxygens (including phenoxy) is 2. The van der Waals surface area contributed by atoms with Gasteiger partial charge in [-0.15, -0.1) is 11.8 Å². The van der Waals surface area contributed by atoms with Crippen molar-refractivity contribution in [3.8, 4) is 5.75 Å². The van der Waals surface area contributed by atoms with Gasteiger partial charge in [0.15, 0.2) is 6.61 Å². The van der Waals surface area contributed by atoms with E-state index < -0.39 is 10.2 Å². The number of rotatable bonds is 5. The number of non-ortho nitro benzene ring substituents is 1. The maximum Gasteiger partial charge on any atom is 0.320 e. The van der Waals surface area contributed by atoms with E-state index in [2.05, 4.69) is 4.74 Å². The quantitative estimate of drug-likeness (QED) is 0.449. The average Bonchev–Trinajstić information content (AvgIpc) is 2.59. The summed E-state index contributed by atoms with van der Waals surface area (Å²) in [7, 11) is 1.31. The van der Waals surface area contributed by atoms with Crippen LogP contribution < -0.4 is 4.74 Å². The highest BCUT2D eigenvalue weighted by atomic mass is 32.2. The summed E-state index contributed by atoms with van der Waals surface area (Å²) >= 11 is 1.45. The summed E-state index contributed by atoms with van der Waals surface area (Å²) in [5, 5.41) is 10.3. The second-order valence-electron chi connectivity index (χ2n) is 4.77. The zero-order chi connectivity index (χ0) is 16.8. The van der Waals surface area contributed by atoms with E-state index in [-0.39, 0.29) is 36.5 Å². The first-order valence-corrected chi connectivity index (χ1v) is 7.90. The molecule has 1 saturated heterocycles. The first-order chi connectivity index (χ1) is 11.0. The summed E-state index contributed by atoms with van der Waals surface area (Å²) in [5.74, 6) is 0.267. The Labute approximate surface area is 136 Å². The van der Waals surface area contributed by atoms with Crippen LogP contribution in [-0.4, -0.2) is 59.5 Å². The Bertz CT molecular complexity index is 609. The average molecular weight is 340 g/mol. The van der Waals surface area contributed by atoms with E-state index >= 15 is 0 Å². The lowest BCUT2D eigenvalue weighted by Gasteiger charge is -2.30. The van der Waals surface area contributed by atoms with Crippen LogP contribution in [0.15, 0.2) is 24.3 Å². The van der Waals surface area contributed by atoms with E-state index in [1.165, 1.54) is 42.0 Å². The number of amides is 1. The second-order valence-corrected chi connectivity index (χ2v) is 6.08. The number of hydrogen-bond acceptors (Lipinski definition) is 7. The number of carbonyl (C=O) groups is 2. The summed E-state index contributed by atoms with van der Waals surface area (Å²) in [4.78, 5) is 35.4. The van der Waals surface area contributed by atoms with Gasteiger partial charge in [0.2, 0.25) is 0 Å². The van der Waals surface area contributed by atoms with Gasteiger partial charge in [-0.2, -0.15) is 0 Å². The van der Waals surface area contributed by atoms with Crippen LogP contribution in [0.1, 0.15) is 0 Å². The first kappa shape index (κ1) is 17.1. The fourth-order valence-corrected chi connectivity index (χ4v) is 3.20. The van der Waals surface area contributed by atoms with Crippen LogP contribution in [0, 0.1) is 10.1 Å². The molecule has 2 rings (SSSR count). The minimum absolute atomic E-state index is 0.102. The minimum atomic E-state index is -0.530. The zero-order valence-electron chi connectivity index (χ0n) is 12.5. The molecule has 1 fully saturated rings. The number of hydrogen-bond donors (Lipinski definition) is 0. The molecule has 1 aliphatic heterocycles. The molecule has 0 aliphatic carbocycles. The van der Waals surface area contributed by atoms with Crippen molar-refractivity contribution in [2.45, 2.75) is 5.25 Å². The molecule has 1 aliphatic rings. The van der Waals surface area contributed by atoms with Crippen LogP contribution in [0.5, 0.6) is 5.75 Å². The third-order valence-electron chi connectivity index (χ3n) is 3.27. The van der Waals surface area contributed by atoms with E-state index in [1.54, 1.807) is 6.07 Å². The molecule has 1 heterocycles. The number of esters is 1. The fourth-order valence-electron chi connectivity index (χ4n) is 2.07. The maximum absolute atomic E-state index is 12.2. The molecule has 0 saturated carbocycles. The highest BCUT2D eigenvalue weighted by Crippen LogP contribution is 2.21. The molecule has 124 valence electrons. The maximum atomic E-state index is 12.2. The molecule has 23 heavy (non-hydrogen) atoms. The molecule has 0 radical (unpaired) electrons. The van der Waals surface area contributed by atoms with Crippen molar-refractivity contribution >= 4 is 29.3 Å². The Morgan fingerprint density at radius 2 is 2.26 bits per heavy atom. The molecular formula is C14H16N2O6S. The second kappa shape index (κ2) is 7.82. The van der Waals surface area contributed by atoms with Crippen LogP contribution in [0.25, 0.3) is 0 Å². The molecule has 8 nitrogen and oxygen atoms in total. The zero-order valence-corrected chi connectivity index (χ0v) is 13.3. The molecule has 1 atom stereocenters. The van der Waals surface area contributed by atoms with Crippen LogP contribution in [0.3, 0.4) is 0 Å². The van der Waals surface area contributed by atoms with E-state index in [9.17, 15) is 19.7 Å². The molecule has 0 aromatic heterocycles. The number of nitro benzene ring substituents is 1. The van der Waals surface area contributed by atoms with Crippen molar-refractivity contribution in [2.24, 2.45) is 0 Å². The topological polar surface area (TPSA) is 99.0 Å². The van der Waals surface area contributed by atoms with Gasteiger partial charge in [-0.1, -0.05) is 6.07 Å². The number of methoxy groups -OCH3 is 1. The smallest absolute Gasteiger partial charge is 0.320 e. The first-order valence-electron chi connectivity index (χ1n) is 6.85. The Morgan fingerprint density at radius 3 is 2.96 bits per heavy atom. The monoisotopic (exact) mass is 340 g/mol. The number of nitrogens with zero attached hydrogens (tertiary/aromatic N) is 2. The highest BCUT2D eigenvalue weighted by Gasteiger charge is 2.29. The van der Waals surface area contributed by atoms with Gasteiger partial charge in [0.05, 0.1) is 18.1 Å². The van der Waals surface area contributed by atoms with Crippen LogP contribution in [0.2, 0.25) is 0 Å². The van der Waals surface area contributed by atoms with Gasteiger partial charge in [-0.25, -0.2) is 0 Å². The summed E-state index contributed by atoms with van der Waals surface area (Å²) < 4.78 is 10.0. The number of carbonyl (C=O) groups excluding carboxylic acids is 2.